The fourth-order valence-corrected chi connectivity index (χ4v) is 2.26. The summed E-state index contributed by atoms with van der Waals surface area (Å²) in [4.78, 5) is 12.1. The second-order valence-corrected chi connectivity index (χ2v) is 6.33. The third-order valence-electron chi connectivity index (χ3n) is 3.44. The van der Waals surface area contributed by atoms with Crippen LogP contribution in [0, 0.1) is 0 Å². The van der Waals surface area contributed by atoms with E-state index in [2.05, 4.69) is 32.9 Å². The fraction of sp³-hybridized carbons (Fsp3) is 0.316. The topological polar surface area (TPSA) is 17.1 Å². The van der Waals surface area contributed by atoms with Gasteiger partial charge in [0.25, 0.3) is 0 Å². The first-order valence-corrected chi connectivity index (χ1v) is 7.10. The van der Waals surface area contributed by atoms with Crippen LogP contribution in [0.15, 0.2) is 54.6 Å². The van der Waals surface area contributed by atoms with Crippen LogP contribution in [0.25, 0.3) is 0 Å². The monoisotopic (exact) mass is 266 g/mol. The van der Waals surface area contributed by atoms with Gasteiger partial charge < -0.3 is 0 Å². The van der Waals surface area contributed by atoms with Crippen LogP contribution in [0.4, 0.5) is 0 Å². The first-order valence-electron chi connectivity index (χ1n) is 7.10. The van der Waals surface area contributed by atoms with Crippen LogP contribution in [0.3, 0.4) is 0 Å². The SMILES string of the molecule is CC(C)(C)c1cccc(CC(=O)Cc2ccccc2)c1. The van der Waals surface area contributed by atoms with Gasteiger partial charge in [0, 0.05) is 12.8 Å². The lowest BCUT2D eigenvalue weighted by Gasteiger charge is -2.19. The molecular formula is C19H22O. The standard InChI is InChI=1S/C19H22O/c1-19(2,3)17-11-7-10-16(12-17)14-18(20)13-15-8-5-4-6-9-15/h4-12H,13-14H2,1-3H3. The van der Waals surface area contributed by atoms with Gasteiger partial charge in [0.05, 0.1) is 0 Å². The molecule has 0 unspecified atom stereocenters. The first-order chi connectivity index (χ1) is 9.45. The second-order valence-electron chi connectivity index (χ2n) is 6.33. The molecule has 0 aliphatic heterocycles. The second kappa shape index (κ2) is 6.04. The number of carbonyl (C=O) groups is 1. The summed E-state index contributed by atoms with van der Waals surface area (Å²) in [5, 5.41) is 0. The van der Waals surface area contributed by atoms with Crippen molar-refractivity contribution in [3.63, 3.8) is 0 Å². The molecule has 0 radical (unpaired) electrons. The molecule has 2 aromatic carbocycles. The van der Waals surface area contributed by atoms with Crippen LogP contribution in [0.1, 0.15) is 37.5 Å². The first kappa shape index (κ1) is 14.5. The normalized spacial score (nSPS) is 11.3. The molecule has 2 aromatic rings. The third-order valence-corrected chi connectivity index (χ3v) is 3.44. The van der Waals surface area contributed by atoms with E-state index >= 15 is 0 Å². The minimum atomic E-state index is 0.123. The van der Waals surface area contributed by atoms with E-state index in [0.717, 1.165) is 11.1 Å². The van der Waals surface area contributed by atoms with Crippen LogP contribution in [0.2, 0.25) is 0 Å². The predicted molar refractivity (Wildman–Crippen MR) is 84.0 cm³/mol. The summed E-state index contributed by atoms with van der Waals surface area (Å²) in [7, 11) is 0. The highest BCUT2D eigenvalue weighted by atomic mass is 16.1. The molecule has 0 atom stereocenters. The molecule has 104 valence electrons. The van der Waals surface area contributed by atoms with Gasteiger partial charge in [-0.1, -0.05) is 75.4 Å². The largest absolute Gasteiger partial charge is 0.299 e. The molecule has 0 heterocycles. The van der Waals surface area contributed by atoms with Crippen molar-refractivity contribution in [2.45, 2.75) is 39.0 Å². The van der Waals surface area contributed by atoms with Crippen molar-refractivity contribution >= 4 is 5.78 Å². The Morgan fingerprint density at radius 2 is 1.45 bits per heavy atom. The number of hydrogen-bond donors (Lipinski definition) is 0. The van der Waals surface area contributed by atoms with E-state index < -0.39 is 0 Å². The predicted octanol–water partition coefficient (Wildman–Crippen LogP) is 4.34. The van der Waals surface area contributed by atoms with Crippen molar-refractivity contribution < 1.29 is 4.79 Å². The Bertz CT molecular complexity index is 576. The maximum atomic E-state index is 12.1. The van der Waals surface area contributed by atoms with Gasteiger partial charge in [-0.2, -0.15) is 0 Å². The minimum absolute atomic E-state index is 0.123. The van der Waals surface area contributed by atoms with E-state index in [9.17, 15) is 4.79 Å². The van der Waals surface area contributed by atoms with E-state index in [-0.39, 0.29) is 11.2 Å². The van der Waals surface area contributed by atoms with Crippen LogP contribution in [0.5, 0.6) is 0 Å². The van der Waals surface area contributed by atoms with Gasteiger partial charge in [0.2, 0.25) is 0 Å². The van der Waals surface area contributed by atoms with Gasteiger partial charge in [-0.05, 0) is 22.1 Å². The fourth-order valence-electron chi connectivity index (χ4n) is 2.26. The summed E-state index contributed by atoms with van der Waals surface area (Å²) >= 11 is 0. The smallest absolute Gasteiger partial charge is 0.141 e. The zero-order valence-electron chi connectivity index (χ0n) is 12.5. The molecule has 0 saturated carbocycles. The van der Waals surface area contributed by atoms with Gasteiger partial charge in [-0.15, -0.1) is 0 Å². The third kappa shape index (κ3) is 4.06. The van der Waals surface area contributed by atoms with Crippen LogP contribution in [-0.2, 0) is 23.1 Å². The van der Waals surface area contributed by atoms with Crippen LogP contribution >= 0.6 is 0 Å². The highest BCUT2D eigenvalue weighted by Gasteiger charge is 2.14. The summed E-state index contributed by atoms with van der Waals surface area (Å²) in [6.07, 6.45) is 1.03. The number of Topliss-reactive ketones (excluding diaryl/α,β-unsaturated/α-hetero) is 1. The Morgan fingerprint density at radius 1 is 0.850 bits per heavy atom. The number of ketones is 1. The summed E-state index contributed by atoms with van der Waals surface area (Å²) < 4.78 is 0. The number of benzene rings is 2. The van der Waals surface area contributed by atoms with Gasteiger partial charge >= 0.3 is 0 Å². The van der Waals surface area contributed by atoms with Crippen molar-refractivity contribution in [2.24, 2.45) is 0 Å². The molecule has 0 spiro atoms. The Kier molecular flexibility index (Phi) is 4.39. The van der Waals surface area contributed by atoms with Crippen molar-refractivity contribution in [1.29, 1.82) is 0 Å². The zero-order chi connectivity index (χ0) is 14.6. The van der Waals surface area contributed by atoms with E-state index in [4.69, 9.17) is 0 Å². The van der Waals surface area contributed by atoms with E-state index in [1.807, 2.05) is 42.5 Å². The molecule has 0 fully saturated rings. The quantitative estimate of drug-likeness (QED) is 0.804. The number of carbonyl (C=O) groups excluding carboxylic acids is 1. The van der Waals surface area contributed by atoms with Gasteiger partial charge in [0.1, 0.15) is 5.78 Å². The van der Waals surface area contributed by atoms with Crippen molar-refractivity contribution in [3.8, 4) is 0 Å². The average molecular weight is 266 g/mol. The Hall–Kier alpha value is -1.89. The zero-order valence-corrected chi connectivity index (χ0v) is 12.5. The molecule has 0 N–H and O–H groups in total. The van der Waals surface area contributed by atoms with Gasteiger partial charge in [-0.25, -0.2) is 0 Å². The highest BCUT2D eigenvalue weighted by molar-refractivity contribution is 5.83. The molecule has 0 bridgehead atoms. The Morgan fingerprint density at radius 3 is 2.10 bits per heavy atom. The number of hydrogen-bond acceptors (Lipinski definition) is 1. The molecular weight excluding hydrogens is 244 g/mol. The lowest BCUT2D eigenvalue weighted by atomic mass is 9.85. The van der Waals surface area contributed by atoms with Crippen LogP contribution in [-0.4, -0.2) is 5.78 Å². The molecule has 0 aliphatic rings. The van der Waals surface area contributed by atoms with Crippen molar-refractivity contribution in [2.75, 3.05) is 0 Å². The van der Waals surface area contributed by atoms with E-state index in [1.54, 1.807) is 0 Å². The lowest BCUT2D eigenvalue weighted by Crippen LogP contribution is -2.12. The molecule has 0 aliphatic carbocycles. The molecule has 1 nitrogen and oxygen atoms in total. The maximum Gasteiger partial charge on any atom is 0.141 e. The minimum Gasteiger partial charge on any atom is -0.299 e. The highest BCUT2D eigenvalue weighted by Crippen LogP contribution is 2.23. The summed E-state index contributed by atoms with van der Waals surface area (Å²) in [6.45, 7) is 6.58. The molecule has 2 rings (SSSR count). The average Bonchev–Trinajstić information content (AvgIpc) is 2.39. The Labute approximate surface area is 121 Å². The van der Waals surface area contributed by atoms with Gasteiger partial charge in [-0.3, -0.25) is 4.79 Å². The van der Waals surface area contributed by atoms with Crippen molar-refractivity contribution in [1.82, 2.24) is 0 Å². The lowest BCUT2D eigenvalue weighted by molar-refractivity contribution is -0.117. The molecule has 20 heavy (non-hydrogen) atoms. The Balaban J connectivity index is 2.05. The van der Waals surface area contributed by atoms with E-state index in [0.29, 0.717) is 12.8 Å². The molecule has 0 saturated heterocycles. The van der Waals surface area contributed by atoms with Crippen molar-refractivity contribution in [3.05, 3.63) is 71.3 Å². The molecule has 1 heteroatoms. The summed E-state index contributed by atoms with van der Waals surface area (Å²) in [6, 6.07) is 18.3. The molecule has 0 amide bonds. The summed E-state index contributed by atoms with van der Waals surface area (Å²) in [5.41, 5.74) is 3.60. The van der Waals surface area contributed by atoms with E-state index in [1.165, 1.54) is 5.56 Å². The molecule has 0 aromatic heterocycles. The summed E-state index contributed by atoms with van der Waals surface area (Å²) in [5.74, 6) is 0.266. The maximum absolute atomic E-state index is 12.1. The van der Waals surface area contributed by atoms with Gasteiger partial charge in [0.15, 0.2) is 0 Å². The van der Waals surface area contributed by atoms with Crippen LogP contribution < -0.4 is 0 Å². The number of rotatable bonds is 4.